The number of hydrogen-bond donors (Lipinski definition) is 0. The van der Waals surface area contributed by atoms with E-state index >= 15 is 0 Å². The number of imidazole rings is 1. The summed E-state index contributed by atoms with van der Waals surface area (Å²) in [5, 5.41) is -0.375. The first kappa shape index (κ1) is 20.0. The summed E-state index contributed by atoms with van der Waals surface area (Å²) in [5.41, 5.74) is 0.846. The molecule has 2 heterocycles. The van der Waals surface area contributed by atoms with Crippen LogP contribution in [-0.4, -0.2) is 14.4 Å². The number of nitrogens with zero attached hydrogens (tertiary/aromatic N) is 3. The van der Waals surface area contributed by atoms with E-state index in [1.807, 2.05) is 23.6 Å². The van der Waals surface area contributed by atoms with Gasteiger partial charge in [0, 0.05) is 24.2 Å². The number of fused-ring (bicyclic) bond motifs is 1. The van der Waals surface area contributed by atoms with E-state index in [4.69, 9.17) is 21.1 Å². The standard InChI is InChI=1S/C21H15ClF3N3O2/c1-13-10-19(27-20-26-8-9-28(13)20)29-12-14-2-4-15(5-3-14)30-16-6-7-18(22)17(11-16)21(23,24)25/h2-11H,12H2,1H3. The Bertz CT molecular complexity index is 1190. The van der Waals surface area contributed by atoms with Gasteiger partial charge in [-0.15, -0.1) is 0 Å². The highest BCUT2D eigenvalue weighted by atomic mass is 35.5. The van der Waals surface area contributed by atoms with Crippen LogP contribution in [0, 0.1) is 6.92 Å². The van der Waals surface area contributed by atoms with Gasteiger partial charge in [-0.25, -0.2) is 4.98 Å². The average molecular weight is 434 g/mol. The van der Waals surface area contributed by atoms with Crippen LogP contribution in [-0.2, 0) is 12.8 Å². The van der Waals surface area contributed by atoms with E-state index in [-0.39, 0.29) is 17.4 Å². The molecule has 0 aliphatic rings. The molecule has 2 aromatic heterocycles. The van der Waals surface area contributed by atoms with Gasteiger partial charge in [0.15, 0.2) is 0 Å². The molecule has 0 N–H and O–H groups in total. The third-order valence-corrected chi connectivity index (χ3v) is 4.66. The number of aromatic nitrogens is 3. The molecule has 0 aliphatic carbocycles. The van der Waals surface area contributed by atoms with Crippen LogP contribution in [0.15, 0.2) is 60.9 Å². The Kier molecular flexibility index (Phi) is 5.26. The molecular weight excluding hydrogens is 419 g/mol. The normalized spacial score (nSPS) is 11.6. The fourth-order valence-corrected chi connectivity index (χ4v) is 3.06. The SMILES string of the molecule is Cc1cc(OCc2ccc(Oc3ccc(Cl)c(C(F)(F)F)c3)cc2)nc2nccn12. The number of alkyl halides is 3. The van der Waals surface area contributed by atoms with Gasteiger partial charge in [0.1, 0.15) is 18.1 Å². The van der Waals surface area contributed by atoms with Crippen molar-refractivity contribution in [2.24, 2.45) is 0 Å². The quantitative estimate of drug-likeness (QED) is 0.382. The van der Waals surface area contributed by atoms with Crippen molar-refractivity contribution in [2.45, 2.75) is 19.7 Å². The molecule has 30 heavy (non-hydrogen) atoms. The van der Waals surface area contributed by atoms with Crippen molar-refractivity contribution in [2.75, 3.05) is 0 Å². The lowest BCUT2D eigenvalue weighted by molar-refractivity contribution is -0.137. The van der Waals surface area contributed by atoms with Crippen molar-refractivity contribution in [3.05, 3.63) is 82.8 Å². The van der Waals surface area contributed by atoms with E-state index in [0.29, 0.717) is 17.4 Å². The van der Waals surface area contributed by atoms with E-state index in [1.54, 1.807) is 30.5 Å². The minimum absolute atomic E-state index is 0.0448. The minimum atomic E-state index is -4.55. The summed E-state index contributed by atoms with van der Waals surface area (Å²) in [6.45, 7) is 2.19. The first-order chi connectivity index (χ1) is 14.3. The van der Waals surface area contributed by atoms with Gasteiger partial charge in [0.25, 0.3) is 0 Å². The van der Waals surface area contributed by atoms with Crippen LogP contribution in [0.1, 0.15) is 16.8 Å². The maximum atomic E-state index is 13.0. The van der Waals surface area contributed by atoms with Gasteiger partial charge < -0.3 is 9.47 Å². The topological polar surface area (TPSA) is 48.7 Å². The molecule has 2 aromatic carbocycles. The third kappa shape index (κ3) is 4.33. The summed E-state index contributed by atoms with van der Waals surface area (Å²) in [5.74, 6) is 1.44. The zero-order chi connectivity index (χ0) is 21.3. The van der Waals surface area contributed by atoms with E-state index in [9.17, 15) is 13.2 Å². The average Bonchev–Trinajstić information content (AvgIpc) is 3.17. The number of rotatable bonds is 5. The van der Waals surface area contributed by atoms with Crippen LogP contribution >= 0.6 is 11.6 Å². The molecule has 0 radical (unpaired) electrons. The summed E-state index contributed by atoms with van der Waals surface area (Å²) in [6, 6.07) is 12.0. The van der Waals surface area contributed by atoms with Gasteiger partial charge in [-0.1, -0.05) is 23.7 Å². The maximum absolute atomic E-state index is 13.0. The molecule has 5 nitrogen and oxygen atoms in total. The second-order valence-corrected chi connectivity index (χ2v) is 6.91. The van der Waals surface area contributed by atoms with E-state index in [2.05, 4.69) is 9.97 Å². The van der Waals surface area contributed by atoms with Crippen molar-refractivity contribution in [3.63, 3.8) is 0 Å². The van der Waals surface area contributed by atoms with Crippen LogP contribution < -0.4 is 9.47 Å². The largest absolute Gasteiger partial charge is 0.473 e. The highest BCUT2D eigenvalue weighted by Gasteiger charge is 2.33. The molecule has 4 aromatic rings. The number of aryl methyl sites for hydroxylation is 1. The molecule has 4 rings (SSSR count). The molecule has 0 saturated heterocycles. The van der Waals surface area contributed by atoms with Crippen molar-refractivity contribution >= 4 is 17.4 Å². The predicted molar refractivity (Wildman–Crippen MR) is 105 cm³/mol. The lowest BCUT2D eigenvalue weighted by Crippen LogP contribution is -2.05. The first-order valence-electron chi connectivity index (χ1n) is 8.87. The summed E-state index contributed by atoms with van der Waals surface area (Å²) in [4.78, 5) is 8.47. The molecule has 0 amide bonds. The Balaban J connectivity index is 1.43. The Hall–Kier alpha value is -3.26. The number of benzene rings is 2. The van der Waals surface area contributed by atoms with Crippen molar-refractivity contribution in [3.8, 4) is 17.4 Å². The number of ether oxygens (including phenoxy) is 2. The predicted octanol–water partition coefficient (Wildman–Crippen LogP) is 6.08. The molecule has 154 valence electrons. The second-order valence-electron chi connectivity index (χ2n) is 6.51. The highest BCUT2D eigenvalue weighted by Crippen LogP contribution is 2.37. The van der Waals surface area contributed by atoms with Crippen molar-refractivity contribution in [1.29, 1.82) is 0 Å². The number of halogens is 4. The second kappa shape index (κ2) is 7.87. The zero-order valence-electron chi connectivity index (χ0n) is 15.7. The van der Waals surface area contributed by atoms with Crippen LogP contribution in [0.5, 0.6) is 17.4 Å². The van der Waals surface area contributed by atoms with Crippen LogP contribution in [0.25, 0.3) is 5.78 Å². The molecular formula is C21H15ClF3N3O2. The summed E-state index contributed by atoms with van der Waals surface area (Å²) in [7, 11) is 0. The van der Waals surface area contributed by atoms with Gasteiger partial charge >= 0.3 is 6.18 Å². The van der Waals surface area contributed by atoms with Gasteiger partial charge in [-0.3, -0.25) is 4.40 Å². The van der Waals surface area contributed by atoms with Crippen LogP contribution in [0.3, 0.4) is 0 Å². The van der Waals surface area contributed by atoms with Crippen LogP contribution in [0.4, 0.5) is 13.2 Å². The van der Waals surface area contributed by atoms with Gasteiger partial charge in [-0.2, -0.15) is 18.2 Å². The molecule has 9 heteroatoms. The minimum Gasteiger partial charge on any atom is -0.473 e. The zero-order valence-corrected chi connectivity index (χ0v) is 16.4. The molecule has 0 fully saturated rings. The Morgan fingerprint density at radius 3 is 2.50 bits per heavy atom. The van der Waals surface area contributed by atoms with E-state index < -0.39 is 11.7 Å². The maximum Gasteiger partial charge on any atom is 0.417 e. The van der Waals surface area contributed by atoms with Crippen molar-refractivity contribution in [1.82, 2.24) is 14.4 Å². The summed E-state index contributed by atoms with van der Waals surface area (Å²) < 4.78 is 52.0. The third-order valence-electron chi connectivity index (χ3n) is 4.33. The fourth-order valence-electron chi connectivity index (χ4n) is 2.84. The van der Waals surface area contributed by atoms with Gasteiger partial charge in [-0.05, 0) is 42.8 Å². The molecule has 0 aliphatic heterocycles. The number of hydrogen-bond acceptors (Lipinski definition) is 4. The van der Waals surface area contributed by atoms with Crippen molar-refractivity contribution < 1.29 is 22.6 Å². The molecule has 0 spiro atoms. The molecule has 0 atom stereocenters. The molecule has 0 saturated carbocycles. The lowest BCUT2D eigenvalue weighted by atomic mass is 10.2. The Labute approximate surface area is 174 Å². The van der Waals surface area contributed by atoms with Crippen LogP contribution in [0.2, 0.25) is 5.02 Å². The van der Waals surface area contributed by atoms with Gasteiger partial charge in [0.2, 0.25) is 11.7 Å². The summed E-state index contributed by atoms with van der Waals surface area (Å²) in [6.07, 6.45) is -1.07. The molecule has 0 bridgehead atoms. The Morgan fingerprint density at radius 1 is 1.03 bits per heavy atom. The first-order valence-corrected chi connectivity index (χ1v) is 9.24. The lowest BCUT2D eigenvalue weighted by Gasteiger charge is -2.12. The Morgan fingerprint density at radius 2 is 1.77 bits per heavy atom. The summed E-state index contributed by atoms with van der Waals surface area (Å²) >= 11 is 5.63. The molecule has 0 unspecified atom stereocenters. The van der Waals surface area contributed by atoms with Gasteiger partial charge in [0.05, 0.1) is 10.6 Å². The monoisotopic (exact) mass is 433 g/mol. The smallest absolute Gasteiger partial charge is 0.417 e. The van der Waals surface area contributed by atoms with E-state index in [1.165, 1.54) is 6.07 Å². The van der Waals surface area contributed by atoms with E-state index in [0.717, 1.165) is 23.4 Å². The highest BCUT2D eigenvalue weighted by molar-refractivity contribution is 6.31. The fraction of sp³-hybridized carbons (Fsp3) is 0.143.